The number of Topliss-reactive ketones (excluding diaryl/α,β-unsaturated/α-hetero) is 1. The lowest BCUT2D eigenvalue weighted by molar-refractivity contribution is -0.140. The molecule has 2 atom stereocenters. The van der Waals surface area contributed by atoms with Gasteiger partial charge in [0.25, 0.3) is 0 Å². The minimum atomic E-state index is -1.29. The number of nitrogens with one attached hydrogen (secondary N) is 3. The lowest BCUT2D eigenvalue weighted by Gasteiger charge is -2.36. The van der Waals surface area contributed by atoms with Gasteiger partial charge in [0.2, 0.25) is 17.7 Å². The van der Waals surface area contributed by atoms with Gasteiger partial charge in [-0.05, 0) is 18.2 Å². The first-order valence-corrected chi connectivity index (χ1v) is 10.2. The van der Waals surface area contributed by atoms with E-state index >= 15 is 0 Å². The number of carbonyl (C=O) groups excluding carboxylic acids is 4. The molecular formula is C17H29BN4O6S. The highest BCUT2D eigenvalue weighted by Gasteiger charge is 2.38. The standard InChI is InChI=1S/C17H29BN4O6S/c18-17(4-1-5-17)12(23)2-3-13(24)21-9-10(19)15(27)22-11(8-14(25)26)16(28)20-6-7-29/h10-11,29H,1-9,18-19H2,(H,20,28)(H,21,24)(H,22,27)(H,25,26)/t10-,11-/m0/s1. The largest absolute Gasteiger partial charge is 0.481 e. The Bertz CT molecular complexity index is 643. The predicted octanol–water partition coefficient (Wildman–Crippen LogP) is -2.24. The fourth-order valence-electron chi connectivity index (χ4n) is 2.88. The summed E-state index contributed by atoms with van der Waals surface area (Å²) in [5.74, 6) is -2.68. The Kier molecular flexibility index (Phi) is 10.2. The number of hydrogen-bond acceptors (Lipinski definition) is 7. The van der Waals surface area contributed by atoms with Gasteiger partial charge in [-0.1, -0.05) is 6.42 Å². The molecule has 0 aliphatic heterocycles. The zero-order valence-corrected chi connectivity index (χ0v) is 17.4. The number of carboxylic acid groups (broad SMARTS) is 1. The second kappa shape index (κ2) is 11.8. The van der Waals surface area contributed by atoms with E-state index in [0.29, 0.717) is 5.75 Å². The van der Waals surface area contributed by atoms with Crippen molar-refractivity contribution in [2.75, 3.05) is 18.8 Å². The van der Waals surface area contributed by atoms with Crippen LogP contribution in [-0.2, 0) is 24.0 Å². The van der Waals surface area contributed by atoms with Crippen molar-refractivity contribution in [3.63, 3.8) is 0 Å². The third-order valence-electron chi connectivity index (χ3n) is 4.99. The lowest BCUT2D eigenvalue weighted by atomic mass is 9.52. The number of amides is 3. The van der Waals surface area contributed by atoms with Gasteiger partial charge in [0.15, 0.2) is 0 Å². The van der Waals surface area contributed by atoms with Crippen LogP contribution in [0.25, 0.3) is 0 Å². The normalized spacial score (nSPS) is 16.6. The Morgan fingerprint density at radius 2 is 1.76 bits per heavy atom. The smallest absolute Gasteiger partial charge is 0.305 e. The molecule has 12 heteroatoms. The van der Waals surface area contributed by atoms with Crippen LogP contribution in [-0.4, -0.2) is 73.4 Å². The van der Waals surface area contributed by atoms with E-state index in [1.165, 1.54) is 0 Å². The number of aliphatic carboxylic acids is 1. The van der Waals surface area contributed by atoms with Gasteiger partial charge >= 0.3 is 5.97 Å². The van der Waals surface area contributed by atoms with Gasteiger partial charge < -0.3 is 26.8 Å². The third kappa shape index (κ3) is 8.44. The van der Waals surface area contributed by atoms with Gasteiger partial charge in [-0.15, -0.1) is 0 Å². The van der Waals surface area contributed by atoms with Gasteiger partial charge in [0.05, 0.1) is 6.42 Å². The molecule has 0 bridgehead atoms. The maximum atomic E-state index is 12.1. The molecule has 0 heterocycles. The molecule has 162 valence electrons. The van der Waals surface area contributed by atoms with Crippen LogP contribution in [0.1, 0.15) is 38.5 Å². The minimum absolute atomic E-state index is 0.0105. The summed E-state index contributed by atoms with van der Waals surface area (Å²) in [6.07, 6.45) is 2.25. The van der Waals surface area contributed by atoms with Crippen molar-refractivity contribution >= 4 is 49.9 Å². The van der Waals surface area contributed by atoms with Gasteiger partial charge in [0, 0.05) is 31.7 Å². The third-order valence-corrected chi connectivity index (χ3v) is 5.21. The molecule has 0 aromatic rings. The maximum Gasteiger partial charge on any atom is 0.305 e. The lowest BCUT2D eigenvalue weighted by Crippen LogP contribution is -2.55. The number of ketones is 1. The van der Waals surface area contributed by atoms with E-state index in [-0.39, 0.29) is 37.0 Å². The molecule has 10 nitrogen and oxygen atoms in total. The summed E-state index contributed by atoms with van der Waals surface area (Å²) in [6.45, 7) is 0.0159. The van der Waals surface area contributed by atoms with E-state index in [0.717, 1.165) is 19.3 Å². The van der Waals surface area contributed by atoms with Crippen LogP contribution in [0.3, 0.4) is 0 Å². The molecule has 1 aliphatic carbocycles. The topological polar surface area (TPSA) is 168 Å². The molecule has 0 unspecified atom stereocenters. The SMILES string of the molecule is BC1(C(=O)CCC(=O)NC[C@H](N)C(=O)N[C@@H](CC(=O)O)C(=O)NCCS)CCC1. The predicted molar refractivity (Wildman–Crippen MR) is 111 cm³/mol. The van der Waals surface area contributed by atoms with Crippen LogP contribution in [0, 0.1) is 0 Å². The molecule has 0 aromatic carbocycles. The Hall–Kier alpha value is -2.08. The van der Waals surface area contributed by atoms with Crippen LogP contribution in [0.4, 0.5) is 0 Å². The summed E-state index contributed by atoms with van der Waals surface area (Å²) in [6, 6.07) is -2.46. The molecule has 1 saturated carbocycles. The number of nitrogens with two attached hydrogens (primary N) is 1. The van der Waals surface area contributed by atoms with Gasteiger partial charge in [-0.3, -0.25) is 24.0 Å². The van der Waals surface area contributed by atoms with E-state index < -0.39 is 42.2 Å². The molecule has 0 radical (unpaired) electrons. The number of hydrogen-bond donors (Lipinski definition) is 6. The van der Waals surface area contributed by atoms with E-state index in [1.807, 2.05) is 7.85 Å². The number of carbonyl (C=O) groups is 5. The molecule has 1 rings (SSSR count). The van der Waals surface area contributed by atoms with Crippen molar-refractivity contribution in [3.8, 4) is 0 Å². The summed E-state index contributed by atoms with van der Waals surface area (Å²) in [5.41, 5.74) is 5.72. The Morgan fingerprint density at radius 3 is 2.28 bits per heavy atom. The molecule has 6 N–H and O–H groups in total. The van der Waals surface area contributed by atoms with E-state index in [4.69, 9.17) is 10.8 Å². The van der Waals surface area contributed by atoms with Crippen molar-refractivity contribution in [1.82, 2.24) is 16.0 Å². The van der Waals surface area contributed by atoms with Gasteiger partial charge in [-0.25, -0.2) is 0 Å². The second-order valence-corrected chi connectivity index (χ2v) is 7.87. The Morgan fingerprint density at radius 1 is 1.10 bits per heavy atom. The first kappa shape index (κ1) is 25.0. The summed E-state index contributed by atoms with van der Waals surface area (Å²) < 4.78 is 0. The molecule has 0 spiro atoms. The Labute approximate surface area is 175 Å². The van der Waals surface area contributed by atoms with Crippen molar-refractivity contribution in [1.29, 1.82) is 0 Å². The van der Waals surface area contributed by atoms with Gasteiger partial charge in [-0.2, -0.15) is 12.6 Å². The van der Waals surface area contributed by atoms with E-state index in [9.17, 15) is 24.0 Å². The number of rotatable bonds is 13. The van der Waals surface area contributed by atoms with Crippen molar-refractivity contribution in [2.45, 2.75) is 55.9 Å². The minimum Gasteiger partial charge on any atom is -0.481 e. The maximum absolute atomic E-state index is 12.1. The van der Waals surface area contributed by atoms with Crippen LogP contribution in [0.15, 0.2) is 0 Å². The van der Waals surface area contributed by atoms with Crippen molar-refractivity contribution < 1.29 is 29.1 Å². The molecule has 0 saturated heterocycles. The van der Waals surface area contributed by atoms with Crippen LogP contribution < -0.4 is 21.7 Å². The molecule has 3 amide bonds. The molecule has 29 heavy (non-hydrogen) atoms. The monoisotopic (exact) mass is 428 g/mol. The second-order valence-electron chi connectivity index (χ2n) is 7.42. The fraction of sp³-hybridized carbons (Fsp3) is 0.706. The van der Waals surface area contributed by atoms with Crippen LogP contribution >= 0.6 is 12.6 Å². The summed E-state index contributed by atoms with van der Waals surface area (Å²) in [5, 5.41) is 15.8. The molecular weight excluding hydrogens is 399 g/mol. The highest BCUT2D eigenvalue weighted by molar-refractivity contribution is 7.80. The number of thiol groups is 1. The molecule has 1 aliphatic rings. The molecule has 0 aromatic heterocycles. The fourth-order valence-corrected chi connectivity index (χ4v) is 3.00. The first-order chi connectivity index (χ1) is 13.6. The highest BCUT2D eigenvalue weighted by Crippen LogP contribution is 2.46. The summed E-state index contributed by atoms with van der Waals surface area (Å²) in [7, 11) is 1.90. The van der Waals surface area contributed by atoms with E-state index in [2.05, 4.69) is 28.6 Å². The Balaban J connectivity index is 2.42. The quantitative estimate of drug-likeness (QED) is 0.142. The van der Waals surface area contributed by atoms with E-state index in [1.54, 1.807) is 0 Å². The number of carboxylic acids is 1. The highest BCUT2D eigenvalue weighted by atomic mass is 32.1. The van der Waals surface area contributed by atoms with Crippen molar-refractivity contribution in [2.24, 2.45) is 5.73 Å². The summed E-state index contributed by atoms with van der Waals surface area (Å²) in [4.78, 5) is 59.0. The zero-order valence-electron chi connectivity index (χ0n) is 16.5. The van der Waals surface area contributed by atoms with Crippen LogP contribution in [0.2, 0.25) is 5.31 Å². The average molecular weight is 428 g/mol. The molecule has 1 fully saturated rings. The van der Waals surface area contributed by atoms with Crippen molar-refractivity contribution in [3.05, 3.63) is 0 Å². The zero-order chi connectivity index (χ0) is 22.0. The summed E-state index contributed by atoms with van der Waals surface area (Å²) >= 11 is 3.94. The average Bonchev–Trinajstić information content (AvgIpc) is 2.65. The first-order valence-electron chi connectivity index (χ1n) is 9.55. The van der Waals surface area contributed by atoms with Gasteiger partial charge in [0.1, 0.15) is 25.7 Å². The van der Waals surface area contributed by atoms with Crippen LogP contribution in [0.5, 0.6) is 0 Å².